The van der Waals surface area contributed by atoms with Gasteiger partial charge in [-0.1, -0.05) is 30.3 Å². The molecule has 1 aromatic heterocycles. The van der Waals surface area contributed by atoms with Crippen molar-refractivity contribution in [2.45, 2.75) is 6.54 Å². The van der Waals surface area contributed by atoms with Crippen LogP contribution < -0.4 is 16.6 Å². The average molecular weight is 260 g/mol. The molecule has 0 amide bonds. The van der Waals surface area contributed by atoms with Crippen molar-refractivity contribution < 1.29 is 4.92 Å². The van der Waals surface area contributed by atoms with Gasteiger partial charge in [-0.25, -0.2) is 10.8 Å². The number of nitrogen functional groups attached to an aromatic ring is 1. The lowest BCUT2D eigenvalue weighted by Crippen LogP contribution is -2.13. The van der Waals surface area contributed by atoms with E-state index >= 15 is 0 Å². The van der Waals surface area contributed by atoms with Crippen molar-refractivity contribution in [3.63, 3.8) is 0 Å². The van der Waals surface area contributed by atoms with Crippen LogP contribution in [0.3, 0.4) is 0 Å². The van der Waals surface area contributed by atoms with Gasteiger partial charge in [0.1, 0.15) is 6.20 Å². The molecule has 0 saturated carbocycles. The molecule has 1 aromatic carbocycles. The highest BCUT2D eigenvalue weighted by molar-refractivity contribution is 5.56. The minimum Gasteiger partial charge on any atom is -0.360 e. The summed E-state index contributed by atoms with van der Waals surface area (Å²) in [5.74, 6) is 5.41. The fourth-order valence-corrected chi connectivity index (χ4v) is 1.49. The maximum absolute atomic E-state index is 10.9. The molecule has 0 fully saturated rings. The average Bonchev–Trinajstić information content (AvgIpc) is 2.45. The summed E-state index contributed by atoms with van der Waals surface area (Å²) >= 11 is 0. The van der Waals surface area contributed by atoms with Gasteiger partial charge in [0, 0.05) is 6.54 Å². The topological polar surface area (TPSA) is 119 Å². The zero-order valence-electron chi connectivity index (χ0n) is 9.91. The highest BCUT2D eigenvalue weighted by atomic mass is 16.6. The monoisotopic (exact) mass is 260 g/mol. The first-order valence-corrected chi connectivity index (χ1v) is 5.46. The lowest BCUT2D eigenvalue weighted by atomic mass is 10.2. The fourth-order valence-electron chi connectivity index (χ4n) is 1.49. The molecule has 8 heteroatoms. The Labute approximate surface area is 108 Å². The number of nitrogens with one attached hydrogen (secondary N) is 2. The summed E-state index contributed by atoms with van der Waals surface area (Å²) in [6.45, 7) is 0.419. The molecule has 0 aliphatic rings. The summed E-state index contributed by atoms with van der Waals surface area (Å²) in [5, 5.41) is 13.8. The normalized spacial score (nSPS) is 9.95. The Morgan fingerprint density at radius 3 is 2.68 bits per heavy atom. The third-order valence-electron chi connectivity index (χ3n) is 2.40. The molecule has 0 atom stereocenters. The SMILES string of the molecule is NNc1ncc([N+](=O)[O-])c(NCc2ccccc2)n1. The lowest BCUT2D eigenvalue weighted by molar-refractivity contribution is -0.384. The van der Waals surface area contributed by atoms with Crippen LogP contribution in [0.2, 0.25) is 0 Å². The second kappa shape index (κ2) is 5.74. The van der Waals surface area contributed by atoms with E-state index in [0.29, 0.717) is 6.54 Å². The van der Waals surface area contributed by atoms with Crippen molar-refractivity contribution in [2.75, 3.05) is 10.7 Å². The van der Waals surface area contributed by atoms with Crippen LogP contribution in [0.15, 0.2) is 36.5 Å². The van der Waals surface area contributed by atoms with E-state index in [0.717, 1.165) is 11.8 Å². The molecule has 0 aliphatic heterocycles. The quantitative estimate of drug-likeness (QED) is 0.421. The van der Waals surface area contributed by atoms with Gasteiger partial charge in [-0.2, -0.15) is 4.98 Å². The minimum absolute atomic E-state index is 0.112. The first-order chi connectivity index (χ1) is 9.20. The predicted octanol–water partition coefficient (Wildman–Crippen LogP) is 1.28. The summed E-state index contributed by atoms with van der Waals surface area (Å²) in [5.41, 5.74) is 3.03. The van der Waals surface area contributed by atoms with Crippen LogP contribution >= 0.6 is 0 Å². The molecule has 0 spiro atoms. The van der Waals surface area contributed by atoms with E-state index in [1.807, 2.05) is 30.3 Å². The van der Waals surface area contributed by atoms with Crippen molar-refractivity contribution in [1.82, 2.24) is 9.97 Å². The lowest BCUT2D eigenvalue weighted by Gasteiger charge is -2.07. The Morgan fingerprint density at radius 1 is 1.32 bits per heavy atom. The molecular formula is C11H12N6O2. The highest BCUT2D eigenvalue weighted by Gasteiger charge is 2.16. The van der Waals surface area contributed by atoms with Crippen LogP contribution in [-0.2, 0) is 6.54 Å². The van der Waals surface area contributed by atoms with Crippen LogP contribution in [0.4, 0.5) is 17.5 Å². The minimum atomic E-state index is -0.548. The molecule has 19 heavy (non-hydrogen) atoms. The summed E-state index contributed by atoms with van der Waals surface area (Å²) in [7, 11) is 0. The number of nitrogens with zero attached hydrogens (tertiary/aromatic N) is 3. The number of hydrazine groups is 1. The van der Waals surface area contributed by atoms with Crippen LogP contribution in [0.25, 0.3) is 0 Å². The van der Waals surface area contributed by atoms with Gasteiger partial charge < -0.3 is 5.32 Å². The second-order valence-electron chi connectivity index (χ2n) is 3.67. The molecule has 0 aliphatic carbocycles. The number of aromatic nitrogens is 2. The van der Waals surface area contributed by atoms with Crippen molar-refractivity contribution in [3.8, 4) is 0 Å². The van der Waals surface area contributed by atoms with Crippen LogP contribution in [-0.4, -0.2) is 14.9 Å². The molecule has 2 aromatic rings. The van der Waals surface area contributed by atoms with E-state index in [9.17, 15) is 10.1 Å². The van der Waals surface area contributed by atoms with Crippen LogP contribution in [0.1, 0.15) is 5.56 Å². The van der Waals surface area contributed by atoms with E-state index in [2.05, 4.69) is 20.7 Å². The van der Waals surface area contributed by atoms with Crippen LogP contribution in [0.5, 0.6) is 0 Å². The predicted molar refractivity (Wildman–Crippen MR) is 70.3 cm³/mol. The molecule has 4 N–H and O–H groups in total. The number of hydrogen-bond acceptors (Lipinski definition) is 7. The van der Waals surface area contributed by atoms with Crippen molar-refractivity contribution in [1.29, 1.82) is 0 Å². The fraction of sp³-hybridized carbons (Fsp3) is 0.0909. The number of benzene rings is 1. The second-order valence-corrected chi connectivity index (χ2v) is 3.67. The Balaban J connectivity index is 2.20. The Kier molecular flexibility index (Phi) is 3.84. The van der Waals surface area contributed by atoms with E-state index in [4.69, 9.17) is 5.84 Å². The van der Waals surface area contributed by atoms with E-state index in [1.54, 1.807) is 0 Å². The van der Waals surface area contributed by atoms with Gasteiger partial charge in [0.15, 0.2) is 0 Å². The van der Waals surface area contributed by atoms with Gasteiger partial charge in [-0.3, -0.25) is 15.5 Å². The molecular weight excluding hydrogens is 248 g/mol. The largest absolute Gasteiger partial charge is 0.360 e. The Hall–Kier alpha value is -2.74. The smallest absolute Gasteiger partial charge is 0.329 e. The molecule has 2 rings (SSSR count). The van der Waals surface area contributed by atoms with Gasteiger partial charge >= 0.3 is 5.69 Å². The summed E-state index contributed by atoms with van der Waals surface area (Å²) in [6.07, 6.45) is 1.11. The number of nitrogens with two attached hydrogens (primary N) is 1. The zero-order valence-corrected chi connectivity index (χ0v) is 9.91. The first-order valence-electron chi connectivity index (χ1n) is 5.46. The summed E-state index contributed by atoms with van der Waals surface area (Å²) in [6, 6.07) is 9.48. The molecule has 0 radical (unpaired) electrons. The number of hydrogen-bond donors (Lipinski definition) is 3. The molecule has 98 valence electrons. The van der Waals surface area contributed by atoms with Crippen LogP contribution in [0, 0.1) is 10.1 Å². The number of anilines is 2. The van der Waals surface area contributed by atoms with Gasteiger partial charge in [0.2, 0.25) is 11.8 Å². The van der Waals surface area contributed by atoms with Crippen molar-refractivity contribution >= 4 is 17.5 Å². The highest BCUT2D eigenvalue weighted by Crippen LogP contribution is 2.22. The first kappa shape index (κ1) is 12.7. The summed E-state index contributed by atoms with van der Waals surface area (Å²) in [4.78, 5) is 18.0. The maximum Gasteiger partial charge on any atom is 0.329 e. The van der Waals surface area contributed by atoms with E-state index in [1.165, 1.54) is 0 Å². The van der Waals surface area contributed by atoms with Gasteiger partial charge in [0.05, 0.1) is 4.92 Å². The van der Waals surface area contributed by atoms with Gasteiger partial charge in [-0.05, 0) is 5.56 Å². The van der Waals surface area contributed by atoms with Crippen molar-refractivity contribution in [3.05, 3.63) is 52.2 Å². The number of nitro groups is 1. The number of rotatable bonds is 5. The summed E-state index contributed by atoms with van der Waals surface area (Å²) < 4.78 is 0. The molecule has 0 saturated heterocycles. The molecule has 8 nitrogen and oxygen atoms in total. The third-order valence-corrected chi connectivity index (χ3v) is 2.40. The maximum atomic E-state index is 10.9. The molecule has 0 bridgehead atoms. The molecule has 0 unspecified atom stereocenters. The Morgan fingerprint density at radius 2 is 2.05 bits per heavy atom. The van der Waals surface area contributed by atoms with E-state index in [-0.39, 0.29) is 17.5 Å². The van der Waals surface area contributed by atoms with Gasteiger partial charge in [0.25, 0.3) is 0 Å². The van der Waals surface area contributed by atoms with Gasteiger partial charge in [-0.15, -0.1) is 0 Å². The third kappa shape index (κ3) is 3.13. The zero-order chi connectivity index (χ0) is 13.7. The standard InChI is InChI=1S/C11H12N6O2/c12-16-11-14-7-9(17(18)19)10(15-11)13-6-8-4-2-1-3-5-8/h1-5,7H,6,12H2,(H2,13,14,15,16). The van der Waals surface area contributed by atoms with Crippen molar-refractivity contribution in [2.24, 2.45) is 5.84 Å². The Bertz CT molecular complexity index is 575. The van der Waals surface area contributed by atoms with E-state index < -0.39 is 4.92 Å². The molecule has 1 heterocycles.